The van der Waals surface area contributed by atoms with Crippen LogP contribution < -0.4 is 5.73 Å². The Bertz CT molecular complexity index is 1380. The Morgan fingerprint density at radius 3 is 2.53 bits per heavy atom. The molecule has 0 saturated heterocycles. The van der Waals surface area contributed by atoms with E-state index in [9.17, 15) is 9.59 Å². The Morgan fingerprint density at radius 1 is 1.18 bits per heavy atom. The van der Waals surface area contributed by atoms with Crippen LogP contribution in [0.4, 0.5) is 0 Å². The first kappa shape index (κ1) is 25.9. The average molecular weight is 514 g/mol. The van der Waals surface area contributed by atoms with Crippen molar-refractivity contribution in [2.45, 2.75) is 75.9 Å². The van der Waals surface area contributed by atoms with Gasteiger partial charge in [0.05, 0.1) is 47.3 Å². The van der Waals surface area contributed by atoms with Gasteiger partial charge in [-0.15, -0.1) is 0 Å². The maximum Gasteiger partial charge on any atom is 0.306 e. The molecule has 2 aliphatic carbocycles. The Morgan fingerprint density at radius 2 is 1.89 bits per heavy atom. The molecule has 0 spiro atoms. The molecule has 1 heterocycles. The molecule has 2 saturated carbocycles. The summed E-state index contributed by atoms with van der Waals surface area (Å²) in [5.41, 5.74) is 10.7. The second-order valence-corrected chi connectivity index (χ2v) is 10.5. The predicted molar refractivity (Wildman–Crippen MR) is 144 cm³/mol. The first-order valence-corrected chi connectivity index (χ1v) is 13.6. The minimum atomic E-state index is -0.432. The number of hydrogen-bond donors (Lipinski definition) is 1. The van der Waals surface area contributed by atoms with E-state index < -0.39 is 6.04 Å². The first-order valence-electron chi connectivity index (χ1n) is 13.6. The van der Waals surface area contributed by atoms with Crippen LogP contribution in [0.1, 0.15) is 86.8 Å². The highest BCUT2D eigenvalue weighted by Gasteiger charge is 2.54. The Labute approximate surface area is 223 Å². The molecular formula is C30H35N5O3. The van der Waals surface area contributed by atoms with Crippen molar-refractivity contribution in [2.75, 3.05) is 6.61 Å². The highest BCUT2D eigenvalue weighted by Crippen LogP contribution is 2.54. The van der Waals surface area contributed by atoms with Gasteiger partial charge in [0.15, 0.2) is 0 Å². The van der Waals surface area contributed by atoms with Gasteiger partial charge >= 0.3 is 5.97 Å². The summed E-state index contributed by atoms with van der Waals surface area (Å²) >= 11 is 0. The third-order valence-electron chi connectivity index (χ3n) is 8.12. The molecule has 1 amide bonds. The predicted octanol–water partition coefficient (Wildman–Crippen LogP) is 4.60. The number of aryl methyl sites for hydroxylation is 1. The molecule has 2 aromatic carbocycles. The molecule has 38 heavy (non-hydrogen) atoms. The van der Waals surface area contributed by atoms with Gasteiger partial charge in [0.25, 0.3) is 0 Å². The van der Waals surface area contributed by atoms with E-state index in [0.717, 1.165) is 66.5 Å². The molecule has 2 aliphatic rings. The van der Waals surface area contributed by atoms with Gasteiger partial charge < -0.3 is 19.9 Å². The minimum absolute atomic E-state index is 0.0344. The van der Waals surface area contributed by atoms with Crippen molar-refractivity contribution in [3.63, 3.8) is 0 Å². The summed E-state index contributed by atoms with van der Waals surface area (Å²) in [4.78, 5) is 32.6. The fourth-order valence-corrected chi connectivity index (χ4v) is 6.00. The molecule has 8 nitrogen and oxygen atoms in total. The average Bonchev–Trinajstić information content (AvgIpc) is 3.40. The van der Waals surface area contributed by atoms with Crippen molar-refractivity contribution < 1.29 is 14.3 Å². The number of nitrogens with zero attached hydrogens (tertiary/aromatic N) is 4. The smallest absolute Gasteiger partial charge is 0.306 e. The molecule has 3 aromatic rings. The zero-order valence-electron chi connectivity index (χ0n) is 22.2. The summed E-state index contributed by atoms with van der Waals surface area (Å²) in [6.07, 6.45) is 6.35. The number of fused-ring (bicyclic) bond motifs is 1. The minimum Gasteiger partial charge on any atom is -0.466 e. The Kier molecular flexibility index (Phi) is 7.22. The van der Waals surface area contributed by atoms with Gasteiger partial charge in [0.1, 0.15) is 5.82 Å². The maximum absolute atomic E-state index is 13.6. The number of imidazole rings is 1. The lowest BCUT2D eigenvalue weighted by Crippen LogP contribution is -2.46. The zero-order chi connectivity index (χ0) is 26.9. The highest BCUT2D eigenvalue weighted by atomic mass is 16.5. The topological polar surface area (TPSA) is 114 Å². The molecule has 2 fully saturated rings. The number of aromatic nitrogens is 2. The third kappa shape index (κ3) is 4.79. The van der Waals surface area contributed by atoms with Gasteiger partial charge in [-0.1, -0.05) is 31.0 Å². The van der Waals surface area contributed by atoms with E-state index in [0.29, 0.717) is 12.2 Å². The lowest BCUT2D eigenvalue weighted by molar-refractivity contribution is -0.147. The Hall–Kier alpha value is -3.70. The number of rotatable bonds is 9. The fraction of sp³-hybridized carbons (Fsp3) is 0.467. The molecular weight excluding hydrogens is 478 g/mol. The molecule has 1 aromatic heterocycles. The second-order valence-electron chi connectivity index (χ2n) is 10.5. The number of carbonyl (C=O) groups is 2. The van der Waals surface area contributed by atoms with Crippen molar-refractivity contribution in [3.8, 4) is 6.07 Å². The zero-order valence-corrected chi connectivity index (χ0v) is 22.2. The molecule has 8 heteroatoms. The number of nitriles is 1. The van der Waals surface area contributed by atoms with Crippen molar-refractivity contribution in [1.82, 2.24) is 14.5 Å². The van der Waals surface area contributed by atoms with E-state index in [1.807, 2.05) is 23.7 Å². The Balaban J connectivity index is 1.45. The van der Waals surface area contributed by atoms with Crippen LogP contribution in [0.5, 0.6) is 0 Å². The van der Waals surface area contributed by atoms with Crippen LogP contribution in [0.2, 0.25) is 0 Å². The van der Waals surface area contributed by atoms with Crippen molar-refractivity contribution in [3.05, 3.63) is 65.0 Å². The number of esters is 1. The lowest BCUT2D eigenvalue weighted by atomic mass is 9.98. The van der Waals surface area contributed by atoms with Gasteiger partial charge in [-0.25, -0.2) is 4.98 Å². The van der Waals surface area contributed by atoms with Gasteiger partial charge in [-0.3, -0.25) is 9.59 Å². The molecule has 0 bridgehead atoms. The molecule has 198 valence electrons. The van der Waals surface area contributed by atoms with E-state index in [1.54, 1.807) is 19.1 Å². The lowest BCUT2D eigenvalue weighted by Gasteiger charge is -2.38. The van der Waals surface area contributed by atoms with Crippen LogP contribution in [0.25, 0.3) is 11.0 Å². The molecule has 2 N–H and O–H groups in total. The van der Waals surface area contributed by atoms with Gasteiger partial charge in [0, 0.05) is 19.5 Å². The van der Waals surface area contributed by atoms with Crippen LogP contribution >= 0.6 is 0 Å². The van der Waals surface area contributed by atoms with Crippen LogP contribution in [0.15, 0.2) is 42.5 Å². The van der Waals surface area contributed by atoms with Gasteiger partial charge in [0.2, 0.25) is 5.91 Å². The van der Waals surface area contributed by atoms with Crippen LogP contribution in [-0.4, -0.2) is 39.0 Å². The van der Waals surface area contributed by atoms with E-state index >= 15 is 0 Å². The number of ether oxygens (including phenoxy) is 1. The SMILES string of the molecule is CCOC(=O)CCC(=O)N(C1CCCC1)C1(c2ccc3c(c2)nc(C(N)c2ccc(C#N)cc2)n3C)CC1. The number of hydrogen-bond acceptors (Lipinski definition) is 6. The second kappa shape index (κ2) is 10.6. The van der Waals surface area contributed by atoms with E-state index in [4.69, 9.17) is 20.7 Å². The quantitative estimate of drug-likeness (QED) is 0.418. The fourth-order valence-electron chi connectivity index (χ4n) is 6.00. The summed E-state index contributed by atoms with van der Waals surface area (Å²) in [6, 6.07) is 15.5. The summed E-state index contributed by atoms with van der Waals surface area (Å²) < 4.78 is 7.08. The third-order valence-corrected chi connectivity index (χ3v) is 8.12. The number of nitrogens with two attached hydrogens (primary N) is 1. The van der Waals surface area contributed by atoms with Crippen LogP contribution in [0.3, 0.4) is 0 Å². The van der Waals surface area contributed by atoms with Gasteiger partial charge in [-0.2, -0.15) is 5.26 Å². The van der Waals surface area contributed by atoms with Crippen LogP contribution in [0, 0.1) is 11.3 Å². The normalized spacial score (nSPS) is 17.2. The van der Waals surface area contributed by atoms with Crippen LogP contribution in [-0.2, 0) is 26.9 Å². The number of amides is 1. The largest absolute Gasteiger partial charge is 0.466 e. The number of benzene rings is 2. The molecule has 0 radical (unpaired) electrons. The maximum atomic E-state index is 13.6. The van der Waals surface area contributed by atoms with Crippen molar-refractivity contribution in [1.29, 1.82) is 5.26 Å². The molecule has 1 atom stereocenters. The molecule has 5 rings (SSSR count). The van der Waals surface area contributed by atoms with E-state index in [1.165, 1.54) is 0 Å². The van der Waals surface area contributed by atoms with E-state index in [2.05, 4.69) is 29.2 Å². The van der Waals surface area contributed by atoms with E-state index in [-0.39, 0.29) is 36.3 Å². The van der Waals surface area contributed by atoms with Crippen molar-refractivity contribution >= 4 is 22.9 Å². The molecule has 0 aliphatic heterocycles. The summed E-state index contributed by atoms with van der Waals surface area (Å²) in [7, 11) is 1.96. The first-order chi connectivity index (χ1) is 18.4. The highest BCUT2D eigenvalue weighted by molar-refractivity contribution is 5.83. The van der Waals surface area contributed by atoms with Crippen molar-refractivity contribution in [2.24, 2.45) is 12.8 Å². The summed E-state index contributed by atoms with van der Waals surface area (Å²) in [6.45, 7) is 2.10. The van der Waals surface area contributed by atoms with Gasteiger partial charge in [-0.05, 0) is 68.0 Å². The number of carbonyl (C=O) groups excluding carboxylic acids is 2. The standard InChI is InChI=1S/C30H35N5O3/c1-3-38-27(37)15-14-26(36)35(23-6-4-5-7-23)30(16-17-30)22-12-13-25-24(18-22)33-29(34(25)2)28(32)21-10-8-20(19-31)9-11-21/h8-13,18,23,28H,3-7,14-17,32H2,1-2H3. The summed E-state index contributed by atoms with van der Waals surface area (Å²) in [5.74, 6) is 0.454. The monoisotopic (exact) mass is 513 g/mol. The molecule has 1 unspecified atom stereocenters. The summed E-state index contributed by atoms with van der Waals surface area (Å²) in [5, 5.41) is 9.10.